The lowest BCUT2D eigenvalue weighted by molar-refractivity contribution is 0.386. The topological polar surface area (TPSA) is 116 Å². The minimum Gasteiger partial charge on any atom is -0.494 e. The van der Waals surface area contributed by atoms with E-state index in [4.69, 9.17) is 26.0 Å². The Morgan fingerprint density at radius 3 is 2.73 bits per heavy atom. The van der Waals surface area contributed by atoms with E-state index < -0.39 is 17.1 Å². The Hall–Kier alpha value is -4.49. The van der Waals surface area contributed by atoms with Gasteiger partial charge in [-0.15, -0.1) is 0 Å². The molecule has 0 atom stereocenters. The molecule has 0 N–H and O–H groups in total. The zero-order valence-corrected chi connectivity index (χ0v) is 20.9. The minimum absolute atomic E-state index is 0.00280. The first kappa shape index (κ1) is 25.6. The van der Waals surface area contributed by atoms with Crippen molar-refractivity contribution in [1.29, 1.82) is 5.26 Å². The van der Waals surface area contributed by atoms with E-state index in [9.17, 15) is 14.0 Å². The van der Waals surface area contributed by atoms with Gasteiger partial charge in [0.15, 0.2) is 11.6 Å². The molecule has 0 saturated heterocycles. The smallest absolute Gasteiger partial charge is 0.336 e. The molecule has 37 heavy (non-hydrogen) atoms. The average molecular weight is 522 g/mol. The third kappa shape index (κ3) is 4.45. The number of furan rings is 1. The highest BCUT2D eigenvalue weighted by atomic mass is 35.5. The van der Waals surface area contributed by atoms with Crippen LogP contribution in [0.3, 0.4) is 0 Å². The van der Waals surface area contributed by atoms with E-state index >= 15 is 0 Å². The highest BCUT2D eigenvalue weighted by Crippen LogP contribution is 2.36. The molecule has 0 saturated carbocycles. The molecule has 0 unspecified atom stereocenters. The summed E-state index contributed by atoms with van der Waals surface area (Å²) in [6.07, 6.45) is 4.48. The maximum Gasteiger partial charge on any atom is 0.336 e. The number of benzene rings is 1. The van der Waals surface area contributed by atoms with Crippen molar-refractivity contribution in [3.63, 3.8) is 0 Å². The van der Waals surface area contributed by atoms with Crippen molar-refractivity contribution in [2.24, 2.45) is 0 Å². The third-order valence-electron chi connectivity index (χ3n) is 5.51. The molecule has 0 amide bonds. The third-order valence-corrected chi connectivity index (χ3v) is 5.82. The van der Waals surface area contributed by atoms with Gasteiger partial charge in [-0.05, 0) is 24.3 Å². The molecule has 9 nitrogen and oxygen atoms in total. The zero-order chi connectivity index (χ0) is 26.7. The van der Waals surface area contributed by atoms with Gasteiger partial charge in [0.25, 0.3) is 0 Å². The molecule has 0 bridgehead atoms. The number of nitriles is 1. The molecule has 4 heterocycles. The number of fused-ring (bicyclic) bond motifs is 2. The van der Waals surface area contributed by atoms with Crippen LogP contribution in [-0.2, 0) is 6.54 Å². The van der Waals surface area contributed by atoms with E-state index in [0.717, 1.165) is 10.6 Å². The molecule has 188 valence electrons. The Morgan fingerprint density at radius 2 is 2.00 bits per heavy atom. The molecule has 5 aromatic rings. The van der Waals surface area contributed by atoms with Crippen LogP contribution in [0.25, 0.3) is 39.0 Å². The van der Waals surface area contributed by atoms with Gasteiger partial charge in [-0.2, -0.15) is 5.26 Å². The van der Waals surface area contributed by atoms with Crippen LogP contribution in [0.1, 0.15) is 20.3 Å². The van der Waals surface area contributed by atoms with Gasteiger partial charge < -0.3 is 9.15 Å². The van der Waals surface area contributed by atoms with Gasteiger partial charge in [0.05, 0.1) is 47.5 Å². The Morgan fingerprint density at radius 1 is 1.22 bits per heavy atom. The van der Waals surface area contributed by atoms with Gasteiger partial charge in [0.1, 0.15) is 5.76 Å². The normalized spacial score (nSPS) is 10.7. The van der Waals surface area contributed by atoms with Crippen LogP contribution in [0.2, 0.25) is 5.02 Å². The average Bonchev–Trinajstić information content (AvgIpc) is 3.35. The summed E-state index contributed by atoms with van der Waals surface area (Å²) in [6.45, 7) is 4.00. The lowest BCUT2D eigenvalue weighted by Gasteiger charge is -2.11. The second-order valence-corrected chi connectivity index (χ2v) is 7.92. The van der Waals surface area contributed by atoms with Gasteiger partial charge in [-0.3, -0.25) is 19.3 Å². The van der Waals surface area contributed by atoms with E-state index in [-0.39, 0.29) is 51.8 Å². The van der Waals surface area contributed by atoms with Crippen LogP contribution in [0.15, 0.2) is 62.9 Å². The fraction of sp³-hybridized carbons (Fsp3) is 0.192. The second kappa shape index (κ2) is 10.6. The predicted octanol–water partition coefficient (Wildman–Crippen LogP) is 5.10. The Kier molecular flexibility index (Phi) is 7.36. The number of halogens is 2. The quantitative estimate of drug-likeness (QED) is 0.316. The monoisotopic (exact) mass is 521 g/mol. The molecule has 11 heteroatoms. The number of hydrogen-bond acceptors (Lipinski definition) is 7. The molecule has 0 aliphatic carbocycles. The molecule has 5 rings (SSSR count). The Balaban J connectivity index is 0.00000156. The van der Waals surface area contributed by atoms with Crippen molar-refractivity contribution in [2.75, 3.05) is 7.11 Å². The van der Waals surface area contributed by atoms with Gasteiger partial charge in [-0.1, -0.05) is 25.4 Å². The number of pyridine rings is 2. The van der Waals surface area contributed by atoms with Gasteiger partial charge in [0.2, 0.25) is 5.58 Å². The summed E-state index contributed by atoms with van der Waals surface area (Å²) in [7, 11) is 1.30. The van der Waals surface area contributed by atoms with Crippen LogP contribution >= 0.6 is 11.6 Å². The van der Waals surface area contributed by atoms with Crippen LogP contribution in [0.5, 0.6) is 5.75 Å². The Labute approximate surface area is 214 Å². The van der Waals surface area contributed by atoms with Crippen LogP contribution in [0.4, 0.5) is 4.39 Å². The summed E-state index contributed by atoms with van der Waals surface area (Å²) in [5.74, 6) is -0.615. The van der Waals surface area contributed by atoms with Gasteiger partial charge in [0, 0.05) is 36.0 Å². The maximum atomic E-state index is 14.1. The lowest BCUT2D eigenvalue weighted by atomic mass is 10.1. The fourth-order valence-electron chi connectivity index (χ4n) is 3.89. The summed E-state index contributed by atoms with van der Waals surface area (Å²) in [4.78, 5) is 35.5. The van der Waals surface area contributed by atoms with E-state index in [1.807, 2.05) is 19.9 Å². The summed E-state index contributed by atoms with van der Waals surface area (Å²) < 4.78 is 27.1. The molecule has 4 aromatic heterocycles. The fourth-order valence-corrected chi connectivity index (χ4v) is 4.14. The van der Waals surface area contributed by atoms with Crippen molar-refractivity contribution < 1.29 is 13.5 Å². The highest BCUT2D eigenvalue weighted by Gasteiger charge is 2.22. The number of nitrogens with zero attached hydrogens (tertiary/aromatic N) is 5. The van der Waals surface area contributed by atoms with Crippen molar-refractivity contribution in [1.82, 2.24) is 19.1 Å². The largest absolute Gasteiger partial charge is 0.494 e. The van der Waals surface area contributed by atoms with Crippen molar-refractivity contribution >= 4 is 33.6 Å². The minimum atomic E-state index is -0.741. The van der Waals surface area contributed by atoms with Gasteiger partial charge >= 0.3 is 11.2 Å². The molecular formula is C26H21ClFN5O4. The van der Waals surface area contributed by atoms with Crippen molar-refractivity contribution in [3.05, 3.63) is 80.6 Å². The number of methoxy groups -OCH3 is 1. The molecule has 0 aliphatic rings. The van der Waals surface area contributed by atoms with Crippen molar-refractivity contribution in [2.45, 2.75) is 26.8 Å². The molecule has 1 aromatic carbocycles. The maximum absolute atomic E-state index is 14.1. The standard InChI is InChI=1S/C24H15ClFN5O4.C2H6/c1-34-20-8-14(15(25)9-16(20)26)19-10-17-22(35-19)23(32)31(24(33)30(17)7-3-5-27)18-12-28-11-13-4-2-6-29-21(13)18;1-2/h2,4,6,8-12H,3,7H2,1H3;1-2H3. The van der Waals surface area contributed by atoms with Crippen LogP contribution < -0.4 is 16.0 Å². The van der Waals surface area contributed by atoms with E-state index in [1.165, 1.54) is 30.0 Å². The van der Waals surface area contributed by atoms with E-state index in [0.29, 0.717) is 10.9 Å². The van der Waals surface area contributed by atoms with E-state index in [1.54, 1.807) is 24.5 Å². The second-order valence-electron chi connectivity index (χ2n) is 7.51. The summed E-state index contributed by atoms with van der Waals surface area (Å²) in [6, 6.07) is 9.33. The zero-order valence-electron chi connectivity index (χ0n) is 20.2. The molecule has 0 fully saturated rings. The molecular weight excluding hydrogens is 501 g/mol. The molecule has 0 aliphatic heterocycles. The first-order chi connectivity index (χ1) is 17.9. The number of aromatic nitrogens is 4. The summed E-state index contributed by atoms with van der Waals surface area (Å²) in [5, 5.41) is 9.79. The highest BCUT2D eigenvalue weighted by molar-refractivity contribution is 6.33. The van der Waals surface area contributed by atoms with Crippen LogP contribution in [0, 0.1) is 17.1 Å². The molecule has 0 radical (unpaired) electrons. The lowest BCUT2D eigenvalue weighted by Crippen LogP contribution is -2.38. The predicted molar refractivity (Wildman–Crippen MR) is 138 cm³/mol. The first-order valence-corrected chi connectivity index (χ1v) is 11.7. The van der Waals surface area contributed by atoms with Gasteiger partial charge in [-0.25, -0.2) is 13.8 Å². The van der Waals surface area contributed by atoms with Crippen LogP contribution in [-0.4, -0.2) is 26.2 Å². The van der Waals surface area contributed by atoms with E-state index in [2.05, 4.69) is 9.97 Å². The Bertz CT molecular complexity index is 1780. The number of rotatable bonds is 5. The molecule has 0 spiro atoms. The number of hydrogen-bond donors (Lipinski definition) is 0. The SMILES string of the molecule is CC.COc1cc(-c2cc3c(o2)c(=O)n(-c2cncc4cccnc24)c(=O)n3CCC#N)c(Cl)cc1F. The first-order valence-electron chi connectivity index (χ1n) is 11.3. The summed E-state index contributed by atoms with van der Waals surface area (Å²) in [5.41, 5.74) is -0.578. The number of aryl methyl sites for hydroxylation is 1. The number of ether oxygens (including phenoxy) is 1. The summed E-state index contributed by atoms with van der Waals surface area (Å²) >= 11 is 6.24. The van der Waals surface area contributed by atoms with Crippen molar-refractivity contribution in [3.8, 4) is 28.8 Å².